The summed E-state index contributed by atoms with van der Waals surface area (Å²) in [7, 11) is 0. The van der Waals surface area contributed by atoms with Gasteiger partial charge in [-0.25, -0.2) is 0 Å². The zero-order valence-corrected chi connectivity index (χ0v) is 10.1. The molecule has 1 unspecified atom stereocenters. The van der Waals surface area contributed by atoms with E-state index in [4.69, 9.17) is 4.74 Å². The predicted octanol–water partition coefficient (Wildman–Crippen LogP) is 2.35. The number of hydrogen-bond donors (Lipinski definition) is 1. The average Bonchev–Trinajstić information content (AvgIpc) is 2.65. The highest BCUT2D eigenvalue weighted by atomic mass is 32.1. The van der Waals surface area contributed by atoms with Crippen LogP contribution in [0.25, 0.3) is 0 Å². The monoisotopic (exact) mass is 227 g/mol. The first-order chi connectivity index (χ1) is 7.09. The quantitative estimate of drug-likeness (QED) is 0.785. The summed E-state index contributed by atoms with van der Waals surface area (Å²) in [6.45, 7) is 5.99. The molecule has 0 saturated carbocycles. The van der Waals surface area contributed by atoms with Crippen molar-refractivity contribution in [2.45, 2.75) is 32.9 Å². The molecule has 15 heavy (non-hydrogen) atoms. The lowest BCUT2D eigenvalue weighted by Gasteiger charge is -2.12. The Morgan fingerprint density at radius 3 is 2.80 bits per heavy atom. The molecule has 1 aromatic heterocycles. The summed E-state index contributed by atoms with van der Waals surface area (Å²) in [5.41, 5.74) is 0. The third kappa shape index (κ3) is 4.44. The first kappa shape index (κ1) is 12.2. The van der Waals surface area contributed by atoms with Crippen molar-refractivity contribution in [3.8, 4) is 0 Å². The molecule has 1 N–H and O–H groups in total. The van der Waals surface area contributed by atoms with E-state index in [9.17, 15) is 4.79 Å². The van der Waals surface area contributed by atoms with E-state index < -0.39 is 0 Å². The first-order valence-corrected chi connectivity index (χ1v) is 5.94. The molecule has 0 spiro atoms. The maximum Gasteiger partial charge on any atom is 0.320 e. The van der Waals surface area contributed by atoms with Gasteiger partial charge in [0.25, 0.3) is 0 Å². The molecule has 0 fully saturated rings. The van der Waals surface area contributed by atoms with Gasteiger partial charge in [0.2, 0.25) is 0 Å². The van der Waals surface area contributed by atoms with Crippen LogP contribution in [-0.4, -0.2) is 18.6 Å². The van der Waals surface area contributed by atoms with Gasteiger partial charge in [-0.15, -0.1) is 11.3 Å². The normalized spacial score (nSPS) is 12.8. The molecular formula is C11H17NO2S. The van der Waals surface area contributed by atoms with E-state index >= 15 is 0 Å². The van der Waals surface area contributed by atoms with E-state index in [2.05, 4.69) is 11.4 Å². The minimum absolute atomic E-state index is 0.0451. The van der Waals surface area contributed by atoms with Gasteiger partial charge in [-0.2, -0.15) is 0 Å². The molecule has 1 atom stereocenters. The zero-order chi connectivity index (χ0) is 11.3. The number of nitrogens with one attached hydrogen (secondary N) is 1. The third-order valence-corrected chi connectivity index (χ3v) is 2.94. The van der Waals surface area contributed by atoms with Crippen molar-refractivity contribution in [1.29, 1.82) is 0 Å². The Kier molecular flexibility index (Phi) is 4.78. The van der Waals surface area contributed by atoms with Crippen LogP contribution in [0.2, 0.25) is 0 Å². The number of hydrogen-bond acceptors (Lipinski definition) is 4. The second-order valence-electron chi connectivity index (χ2n) is 3.66. The van der Waals surface area contributed by atoms with E-state index in [1.54, 1.807) is 11.3 Å². The lowest BCUT2D eigenvalue weighted by molar-refractivity contribution is -0.146. The fourth-order valence-corrected chi connectivity index (χ4v) is 1.94. The zero-order valence-electron chi connectivity index (χ0n) is 9.32. The number of esters is 1. The summed E-state index contributed by atoms with van der Waals surface area (Å²) in [6, 6.07) is 4.26. The van der Waals surface area contributed by atoms with Crippen LogP contribution >= 0.6 is 11.3 Å². The summed E-state index contributed by atoms with van der Waals surface area (Å²) in [5, 5.41) is 5.15. The van der Waals surface area contributed by atoms with E-state index in [1.807, 2.05) is 32.2 Å². The largest absolute Gasteiger partial charge is 0.462 e. The summed E-state index contributed by atoms with van der Waals surface area (Å²) in [4.78, 5) is 12.5. The van der Waals surface area contributed by atoms with Crippen LogP contribution in [0.5, 0.6) is 0 Å². The van der Waals surface area contributed by atoms with Crippen molar-refractivity contribution in [2.75, 3.05) is 6.54 Å². The minimum atomic E-state index is -0.201. The standard InChI is InChI=1S/C11H17NO2S/c1-8(2)14-11(13)7-12-9(3)10-5-4-6-15-10/h4-6,8-9,12H,7H2,1-3H3. The third-order valence-electron chi connectivity index (χ3n) is 1.89. The maximum atomic E-state index is 11.2. The van der Waals surface area contributed by atoms with Gasteiger partial charge in [-0.1, -0.05) is 6.07 Å². The molecule has 0 aliphatic rings. The summed E-state index contributed by atoms with van der Waals surface area (Å²) >= 11 is 1.68. The highest BCUT2D eigenvalue weighted by molar-refractivity contribution is 7.10. The van der Waals surface area contributed by atoms with Crippen molar-refractivity contribution in [3.63, 3.8) is 0 Å². The predicted molar refractivity (Wildman–Crippen MR) is 62.0 cm³/mol. The van der Waals surface area contributed by atoms with Gasteiger partial charge in [-0.05, 0) is 32.2 Å². The number of carbonyl (C=O) groups excluding carboxylic acids is 1. The molecular weight excluding hydrogens is 210 g/mol. The maximum absolute atomic E-state index is 11.2. The number of thiophene rings is 1. The summed E-state index contributed by atoms with van der Waals surface area (Å²) in [5.74, 6) is -0.201. The second-order valence-corrected chi connectivity index (χ2v) is 4.64. The molecule has 1 aromatic rings. The number of carbonyl (C=O) groups is 1. The molecule has 3 nitrogen and oxygen atoms in total. The van der Waals surface area contributed by atoms with Crippen molar-refractivity contribution in [3.05, 3.63) is 22.4 Å². The van der Waals surface area contributed by atoms with Crippen LogP contribution in [-0.2, 0) is 9.53 Å². The van der Waals surface area contributed by atoms with Crippen LogP contribution in [0.4, 0.5) is 0 Å². The Morgan fingerprint density at radius 2 is 2.27 bits per heavy atom. The van der Waals surface area contributed by atoms with Gasteiger partial charge in [0.05, 0.1) is 12.6 Å². The van der Waals surface area contributed by atoms with Crippen LogP contribution < -0.4 is 5.32 Å². The van der Waals surface area contributed by atoms with Crippen molar-refractivity contribution < 1.29 is 9.53 Å². The van der Waals surface area contributed by atoms with Crippen LogP contribution in [0.1, 0.15) is 31.7 Å². The molecule has 0 aliphatic heterocycles. The molecule has 0 aliphatic carbocycles. The lowest BCUT2D eigenvalue weighted by Crippen LogP contribution is -2.28. The molecule has 1 heterocycles. The number of ether oxygens (including phenoxy) is 1. The Hall–Kier alpha value is -0.870. The Morgan fingerprint density at radius 1 is 1.53 bits per heavy atom. The van der Waals surface area contributed by atoms with Crippen LogP contribution in [0.15, 0.2) is 17.5 Å². The topological polar surface area (TPSA) is 38.3 Å². The minimum Gasteiger partial charge on any atom is -0.462 e. The van der Waals surface area contributed by atoms with Gasteiger partial charge in [0, 0.05) is 10.9 Å². The lowest BCUT2D eigenvalue weighted by atomic mass is 10.3. The Bertz CT molecular complexity index is 296. The van der Waals surface area contributed by atoms with E-state index in [0.717, 1.165) is 0 Å². The SMILES string of the molecule is CC(C)OC(=O)CNC(C)c1cccs1. The van der Waals surface area contributed by atoms with Crippen molar-refractivity contribution in [2.24, 2.45) is 0 Å². The molecule has 0 bridgehead atoms. The highest BCUT2D eigenvalue weighted by Gasteiger charge is 2.09. The highest BCUT2D eigenvalue weighted by Crippen LogP contribution is 2.17. The molecule has 0 saturated heterocycles. The number of rotatable bonds is 5. The van der Waals surface area contributed by atoms with Crippen molar-refractivity contribution >= 4 is 17.3 Å². The Labute approximate surface area is 94.5 Å². The molecule has 0 radical (unpaired) electrons. The van der Waals surface area contributed by atoms with E-state index in [1.165, 1.54) is 4.88 Å². The molecule has 84 valence electrons. The van der Waals surface area contributed by atoms with Crippen LogP contribution in [0.3, 0.4) is 0 Å². The fourth-order valence-electron chi connectivity index (χ4n) is 1.18. The van der Waals surface area contributed by atoms with Gasteiger partial charge in [-0.3, -0.25) is 10.1 Å². The smallest absolute Gasteiger partial charge is 0.320 e. The van der Waals surface area contributed by atoms with E-state index in [-0.39, 0.29) is 24.7 Å². The Balaban J connectivity index is 2.28. The molecule has 0 aromatic carbocycles. The van der Waals surface area contributed by atoms with Crippen LogP contribution in [0, 0.1) is 0 Å². The van der Waals surface area contributed by atoms with Gasteiger partial charge in [0.15, 0.2) is 0 Å². The van der Waals surface area contributed by atoms with Gasteiger partial charge < -0.3 is 4.74 Å². The van der Waals surface area contributed by atoms with Gasteiger partial charge in [0.1, 0.15) is 0 Å². The summed E-state index contributed by atoms with van der Waals surface area (Å²) < 4.78 is 5.02. The summed E-state index contributed by atoms with van der Waals surface area (Å²) in [6.07, 6.45) is -0.0451. The molecule has 0 amide bonds. The van der Waals surface area contributed by atoms with Crippen molar-refractivity contribution in [1.82, 2.24) is 5.32 Å². The van der Waals surface area contributed by atoms with E-state index in [0.29, 0.717) is 0 Å². The fraction of sp³-hybridized carbons (Fsp3) is 0.545. The average molecular weight is 227 g/mol. The first-order valence-electron chi connectivity index (χ1n) is 5.06. The molecule has 1 rings (SSSR count). The van der Waals surface area contributed by atoms with Gasteiger partial charge >= 0.3 is 5.97 Å². The molecule has 4 heteroatoms. The second kappa shape index (κ2) is 5.88.